The van der Waals surface area contributed by atoms with Crippen LogP contribution in [0.15, 0.2) is 152 Å². The SMILES string of the molecule is CC1(C)c2cc(N(c3ccccc3)c3ccc4c5c(ccc4c3)-c3c(ccc4ccccc34)C5(C)C)ccc2-c2cc3sc4ccccc4c3cc21. The maximum atomic E-state index is 2.47. The molecule has 1 heterocycles. The molecular formula is C50H37NS. The van der Waals surface area contributed by atoms with Crippen LogP contribution in [0, 0.1) is 0 Å². The lowest BCUT2D eigenvalue weighted by molar-refractivity contribution is 0.661. The second kappa shape index (κ2) is 10.4. The Bertz CT molecular complexity index is 2960. The van der Waals surface area contributed by atoms with Crippen LogP contribution in [0.1, 0.15) is 49.9 Å². The van der Waals surface area contributed by atoms with Crippen LogP contribution in [0.4, 0.5) is 17.1 Å². The predicted octanol–water partition coefficient (Wildman–Crippen LogP) is 14.4. The first-order valence-corrected chi connectivity index (χ1v) is 19.2. The Morgan fingerprint density at radius 1 is 0.404 bits per heavy atom. The third-order valence-electron chi connectivity index (χ3n) is 12.2. The number of fused-ring (bicyclic) bond motifs is 13. The van der Waals surface area contributed by atoms with E-state index in [1.165, 1.54) is 91.9 Å². The summed E-state index contributed by atoms with van der Waals surface area (Å²) in [5.74, 6) is 0. The van der Waals surface area contributed by atoms with E-state index in [-0.39, 0.29) is 10.8 Å². The van der Waals surface area contributed by atoms with Gasteiger partial charge in [-0.1, -0.05) is 125 Å². The van der Waals surface area contributed by atoms with E-state index in [0.717, 1.165) is 11.4 Å². The summed E-state index contributed by atoms with van der Waals surface area (Å²) in [5.41, 5.74) is 14.4. The quantitative estimate of drug-likeness (QED) is 0.179. The summed E-state index contributed by atoms with van der Waals surface area (Å²) in [5, 5.41) is 7.96. The van der Waals surface area contributed by atoms with Crippen molar-refractivity contribution in [3.63, 3.8) is 0 Å². The Labute approximate surface area is 308 Å². The highest BCUT2D eigenvalue weighted by Gasteiger charge is 2.39. The Balaban J connectivity index is 1.07. The standard InChI is InChI=1S/C50H37NS/c1-49(2)43-27-34(21-24-37(43)40-29-46-41(28-44(40)49)38-16-10-11-17-45(38)52-46)51(32-13-6-5-7-14-32)33-20-23-36-31(26-33)18-22-39-47-35-15-9-8-12-30(35)19-25-42(47)50(3,4)48(36)39/h5-29H,1-4H3. The van der Waals surface area contributed by atoms with Gasteiger partial charge in [0.15, 0.2) is 0 Å². The second-order valence-electron chi connectivity index (χ2n) is 15.7. The van der Waals surface area contributed by atoms with E-state index in [0.29, 0.717) is 0 Å². The second-order valence-corrected chi connectivity index (χ2v) is 16.8. The van der Waals surface area contributed by atoms with Crippen molar-refractivity contribution in [3.8, 4) is 22.3 Å². The lowest BCUT2D eigenvalue weighted by Crippen LogP contribution is -2.17. The molecule has 0 saturated heterocycles. The smallest absolute Gasteiger partial charge is 0.0468 e. The van der Waals surface area contributed by atoms with Crippen LogP contribution in [0.2, 0.25) is 0 Å². The summed E-state index contributed by atoms with van der Waals surface area (Å²) in [7, 11) is 0. The van der Waals surface area contributed by atoms with Crippen molar-refractivity contribution in [1.82, 2.24) is 0 Å². The van der Waals surface area contributed by atoms with Gasteiger partial charge in [-0.2, -0.15) is 0 Å². The molecule has 0 fully saturated rings. The molecule has 2 aliphatic rings. The maximum absolute atomic E-state index is 2.47. The van der Waals surface area contributed by atoms with Gasteiger partial charge in [0.1, 0.15) is 0 Å². The van der Waals surface area contributed by atoms with E-state index in [1.54, 1.807) is 0 Å². The molecule has 1 nitrogen and oxygen atoms in total. The molecule has 0 N–H and O–H groups in total. The lowest BCUT2D eigenvalue weighted by Gasteiger charge is -2.29. The van der Waals surface area contributed by atoms with Crippen LogP contribution in [0.25, 0.3) is 64.0 Å². The molecule has 11 rings (SSSR count). The molecule has 52 heavy (non-hydrogen) atoms. The van der Waals surface area contributed by atoms with Gasteiger partial charge >= 0.3 is 0 Å². The summed E-state index contributed by atoms with van der Waals surface area (Å²) in [4.78, 5) is 2.44. The first kappa shape index (κ1) is 30.0. The number of benzene rings is 8. The molecule has 0 unspecified atom stereocenters. The average molecular weight is 684 g/mol. The minimum absolute atomic E-state index is 0.101. The third kappa shape index (κ3) is 3.99. The molecule has 2 aliphatic carbocycles. The van der Waals surface area contributed by atoms with E-state index in [1.807, 2.05) is 11.3 Å². The van der Waals surface area contributed by atoms with Gasteiger partial charge in [-0.25, -0.2) is 0 Å². The molecule has 0 spiro atoms. The summed E-state index contributed by atoms with van der Waals surface area (Å²) < 4.78 is 2.72. The molecule has 0 radical (unpaired) electrons. The van der Waals surface area contributed by atoms with E-state index in [4.69, 9.17) is 0 Å². The number of hydrogen-bond acceptors (Lipinski definition) is 2. The molecule has 2 heteroatoms. The molecule has 1 aromatic heterocycles. The Morgan fingerprint density at radius 2 is 1.10 bits per heavy atom. The monoisotopic (exact) mass is 683 g/mol. The van der Waals surface area contributed by atoms with E-state index >= 15 is 0 Å². The molecule has 0 bridgehead atoms. The number of para-hydroxylation sites is 1. The Morgan fingerprint density at radius 3 is 1.96 bits per heavy atom. The van der Waals surface area contributed by atoms with Crippen LogP contribution in [-0.4, -0.2) is 0 Å². The maximum Gasteiger partial charge on any atom is 0.0468 e. The summed E-state index contributed by atoms with van der Waals surface area (Å²) in [6.07, 6.45) is 0. The van der Waals surface area contributed by atoms with Crippen molar-refractivity contribution in [2.75, 3.05) is 4.90 Å². The van der Waals surface area contributed by atoms with Crippen LogP contribution in [-0.2, 0) is 10.8 Å². The average Bonchev–Trinajstić information content (AvgIpc) is 3.73. The molecule has 248 valence electrons. The first-order valence-electron chi connectivity index (χ1n) is 18.3. The van der Waals surface area contributed by atoms with Crippen LogP contribution < -0.4 is 4.90 Å². The van der Waals surface area contributed by atoms with Crippen LogP contribution >= 0.6 is 11.3 Å². The van der Waals surface area contributed by atoms with E-state index in [9.17, 15) is 0 Å². The number of nitrogens with zero attached hydrogens (tertiary/aromatic N) is 1. The van der Waals surface area contributed by atoms with Crippen molar-refractivity contribution < 1.29 is 0 Å². The number of anilines is 3. The normalized spacial score (nSPS) is 14.8. The fourth-order valence-electron chi connectivity index (χ4n) is 9.66. The molecule has 0 aliphatic heterocycles. The highest BCUT2D eigenvalue weighted by Crippen LogP contribution is 2.55. The van der Waals surface area contributed by atoms with Crippen molar-refractivity contribution >= 4 is 70.1 Å². The molecule has 0 amide bonds. The first-order chi connectivity index (χ1) is 25.3. The van der Waals surface area contributed by atoms with Crippen LogP contribution in [0.3, 0.4) is 0 Å². The fraction of sp³-hybridized carbons (Fsp3) is 0.120. The topological polar surface area (TPSA) is 3.24 Å². The van der Waals surface area contributed by atoms with Gasteiger partial charge in [0.05, 0.1) is 0 Å². The predicted molar refractivity (Wildman–Crippen MR) is 224 cm³/mol. The van der Waals surface area contributed by atoms with Gasteiger partial charge in [-0.3, -0.25) is 0 Å². The summed E-state index contributed by atoms with van der Waals surface area (Å²) >= 11 is 1.90. The van der Waals surface area contributed by atoms with Crippen LogP contribution in [0.5, 0.6) is 0 Å². The molecule has 8 aromatic carbocycles. The number of rotatable bonds is 3. The van der Waals surface area contributed by atoms with Crippen molar-refractivity contribution in [1.29, 1.82) is 0 Å². The van der Waals surface area contributed by atoms with Gasteiger partial charge in [0.25, 0.3) is 0 Å². The largest absolute Gasteiger partial charge is 0.310 e. The zero-order chi connectivity index (χ0) is 34.9. The molecule has 0 saturated carbocycles. The fourth-order valence-corrected chi connectivity index (χ4v) is 10.8. The lowest BCUT2D eigenvalue weighted by atomic mass is 9.80. The summed E-state index contributed by atoms with van der Waals surface area (Å²) in [6.45, 7) is 9.58. The Kier molecular flexibility index (Phi) is 6.02. The zero-order valence-corrected chi connectivity index (χ0v) is 30.6. The third-order valence-corrected chi connectivity index (χ3v) is 13.3. The molecular weight excluding hydrogens is 647 g/mol. The van der Waals surface area contributed by atoms with E-state index < -0.39 is 0 Å². The van der Waals surface area contributed by atoms with Crippen molar-refractivity contribution in [2.45, 2.75) is 38.5 Å². The minimum Gasteiger partial charge on any atom is -0.310 e. The highest BCUT2D eigenvalue weighted by atomic mass is 32.1. The number of thiophene rings is 1. The Hall–Kier alpha value is -5.70. The van der Waals surface area contributed by atoms with Crippen molar-refractivity contribution in [3.05, 3.63) is 174 Å². The minimum atomic E-state index is -0.130. The van der Waals surface area contributed by atoms with Gasteiger partial charge in [0.2, 0.25) is 0 Å². The molecule has 9 aromatic rings. The number of hydrogen-bond donors (Lipinski definition) is 0. The molecule has 0 atom stereocenters. The summed E-state index contributed by atoms with van der Waals surface area (Å²) in [6, 6.07) is 57.0. The highest BCUT2D eigenvalue weighted by molar-refractivity contribution is 7.25. The van der Waals surface area contributed by atoms with Crippen molar-refractivity contribution in [2.24, 2.45) is 0 Å². The van der Waals surface area contributed by atoms with Gasteiger partial charge in [0, 0.05) is 48.1 Å². The van der Waals surface area contributed by atoms with E-state index in [2.05, 4.69) is 184 Å². The zero-order valence-electron chi connectivity index (χ0n) is 29.8. The van der Waals surface area contributed by atoms with Gasteiger partial charge in [-0.15, -0.1) is 11.3 Å². The van der Waals surface area contributed by atoms with Gasteiger partial charge in [-0.05, 0) is 121 Å². The van der Waals surface area contributed by atoms with Gasteiger partial charge < -0.3 is 4.90 Å².